The summed E-state index contributed by atoms with van der Waals surface area (Å²) >= 11 is -0.867. The molecule has 6 rings (SSSR count). The zero-order chi connectivity index (χ0) is 23.8. The van der Waals surface area contributed by atoms with E-state index in [1.807, 2.05) is 0 Å². The van der Waals surface area contributed by atoms with Crippen molar-refractivity contribution in [1.82, 2.24) is 0 Å². The summed E-state index contributed by atoms with van der Waals surface area (Å²) in [5.41, 5.74) is 14.8. The van der Waals surface area contributed by atoms with Gasteiger partial charge in [0.15, 0.2) is 0 Å². The second-order valence-electron chi connectivity index (χ2n) is 9.53. The SMILES string of the molecule is CCC1=Cc2c(-c3ccccc3)cccc2[CH]1[Zr+2][CH]1C(CC)=Cc2c(-c3ccccc3)cccc21.[F-].[F-]. The maximum absolute atomic E-state index is 2.54. The number of allylic oxidation sites excluding steroid dienone is 2. The summed E-state index contributed by atoms with van der Waals surface area (Å²) in [7, 11) is 0. The standard InChI is InChI=1S/2C17H15.2FH.Zr/c2*1-2-13-11-15-9-6-10-16(17(15)12-13)14-7-4-3-5-8-14;;;/h2*3-12H,2H2,1H3;2*1H;/q;;;;+2/p-2. The molecular formula is C34H30F2Zr. The molecule has 3 heteroatoms. The molecule has 37 heavy (non-hydrogen) atoms. The van der Waals surface area contributed by atoms with Crippen LogP contribution < -0.4 is 9.41 Å². The molecule has 2 aliphatic carbocycles. The van der Waals surface area contributed by atoms with Crippen molar-refractivity contribution in [2.24, 2.45) is 0 Å². The van der Waals surface area contributed by atoms with E-state index in [4.69, 9.17) is 0 Å². The van der Waals surface area contributed by atoms with E-state index in [9.17, 15) is 0 Å². The molecule has 4 aromatic rings. The molecule has 2 aliphatic rings. The fourth-order valence-electron chi connectivity index (χ4n) is 5.84. The summed E-state index contributed by atoms with van der Waals surface area (Å²) in [4.78, 5) is 0. The Morgan fingerprint density at radius 2 is 0.919 bits per heavy atom. The van der Waals surface area contributed by atoms with Gasteiger partial charge in [0.05, 0.1) is 0 Å². The van der Waals surface area contributed by atoms with Gasteiger partial charge in [0, 0.05) is 0 Å². The van der Waals surface area contributed by atoms with Crippen molar-refractivity contribution < 1.29 is 32.6 Å². The first-order valence-corrected chi connectivity index (χ1v) is 15.7. The summed E-state index contributed by atoms with van der Waals surface area (Å²) in [5.74, 6) is 0. The van der Waals surface area contributed by atoms with Crippen molar-refractivity contribution in [2.45, 2.75) is 33.9 Å². The quantitative estimate of drug-likeness (QED) is 0.335. The van der Waals surface area contributed by atoms with Crippen molar-refractivity contribution in [2.75, 3.05) is 0 Å². The van der Waals surface area contributed by atoms with Crippen LogP contribution in [0.3, 0.4) is 0 Å². The Kier molecular flexibility index (Phi) is 8.55. The molecule has 0 saturated carbocycles. The molecule has 0 radical (unpaired) electrons. The van der Waals surface area contributed by atoms with Gasteiger partial charge in [-0.1, -0.05) is 0 Å². The molecule has 0 fully saturated rings. The molecule has 0 saturated heterocycles. The number of benzene rings is 4. The second kappa shape index (κ2) is 11.7. The van der Waals surface area contributed by atoms with E-state index in [2.05, 4.69) is 123 Å². The van der Waals surface area contributed by atoms with Crippen LogP contribution in [0.5, 0.6) is 0 Å². The van der Waals surface area contributed by atoms with E-state index in [-0.39, 0.29) is 9.41 Å². The van der Waals surface area contributed by atoms with Gasteiger partial charge in [0.2, 0.25) is 0 Å². The molecule has 0 amide bonds. The van der Waals surface area contributed by atoms with Crippen molar-refractivity contribution in [3.63, 3.8) is 0 Å². The normalized spacial score (nSPS) is 16.9. The van der Waals surface area contributed by atoms with Gasteiger partial charge in [-0.2, -0.15) is 0 Å². The van der Waals surface area contributed by atoms with Crippen LogP contribution in [-0.4, -0.2) is 0 Å². The maximum atomic E-state index is 2.54. The Hall–Kier alpha value is -2.90. The maximum Gasteiger partial charge on any atom is -1.00 e. The van der Waals surface area contributed by atoms with Crippen LogP contribution in [-0.2, 0) is 23.2 Å². The average molecular weight is 568 g/mol. The zero-order valence-corrected chi connectivity index (χ0v) is 23.7. The molecule has 0 heterocycles. The third kappa shape index (κ3) is 4.87. The molecule has 0 aromatic heterocycles. The molecule has 0 N–H and O–H groups in total. The summed E-state index contributed by atoms with van der Waals surface area (Å²) in [6.07, 6.45) is 7.36. The number of halogens is 2. The minimum atomic E-state index is -0.867. The largest absolute Gasteiger partial charge is 1.00 e. The predicted octanol–water partition coefficient (Wildman–Crippen LogP) is 3.51. The molecule has 0 bridgehead atoms. The van der Waals surface area contributed by atoms with Gasteiger partial charge < -0.3 is 9.41 Å². The van der Waals surface area contributed by atoms with Gasteiger partial charge in [-0.15, -0.1) is 0 Å². The van der Waals surface area contributed by atoms with E-state index in [1.165, 1.54) is 33.4 Å². The summed E-state index contributed by atoms with van der Waals surface area (Å²) in [6, 6.07) is 35.8. The van der Waals surface area contributed by atoms with Crippen molar-refractivity contribution >= 4 is 12.2 Å². The number of rotatable bonds is 6. The Balaban J connectivity index is 0.00000160. The van der Waals surface area contributed by atoms with Gasteiger partial charge in [-0.25, -0.2) is 0 Å². The van der Waals surface area contributed by atoms with Crippen LogP contribution in [0.1, 0.15) is 56.2 Å². The molecule has 4 aromatic carbocycles. The van der Waals surface area contributed by atoms with Crippen LogP contribution in [0.4, 0.5) is 0 Å². The van der Waals surface area contributed by atoms with Crippen LogP contribution in [0.2, 0.25) is 0 Å². The number of fused-ring (bicyclic) bond motifs is 2. The van der Waals surface area contributed by atoms with Gasteiger partial charge >= 0.3 is 222 Å². The van der Waals surface area contributed by atoms with E-state index in [1.54, 1.807) is 22.3 Å². The van der Waals surface area contributed by atoms with Crippen molar-refractivity contribution in [3.05, 3.63) is 130 Å². The van der Waals surface area contributed by atoms with Crippen LogP contribution >= 0.6 is 0 Å². The first kappa shape index (κ1) is 27.1. The molecular weight excluding hydrogens is 538 g/mol. The van der Waals surface area contributed by atoms with Gasteiger partial charge in [-0.3, -0.25) is 0 Å². The van der Waals surface area contributed by atoms with Crippen LogP contribution in [0.15, 0.2) is 108 Å². The first-order chi connectivity index (χ1) is 17.3. The minimum absolute atomic E-state index is 0. The van der Waals surface area contributed by atoms with Crippen LogP contribution in [0.25, 0.3) is 34.4 Å². The van der Waals surface area contributed by atoms with E-state index < -0.39 is 23.2 Å². The van der Waals surface area contributed by atoms with Crippen LogP contribution in [0, 0.1) is 0 Å². The fraction of sp³-hybridized carbons (Fsp3) is 0.176. The predicted molar refractivity (Wildman–Crippen MR) is 146 cm³/mol. The van der Waals surface area contributed by atoms with E-state index in [0.717, 1.165) is 12.8 Å². The van der Waals surface area contributed by atoms with Crippen molar-refractivity contribution in [3.8, 4) is 22.3 Å². The number of hydrogen-bond acceptors (Lipinski definition) is 0. The van der Waals surface area contributed by atoms with Crippen molar-refractivity contribution in [1.29, 1.82) is 0 Å². The first-order valence-electron chi connectivity index (χ1n) is 12.8. The Bertz CT molecular complexity index is 1330. The Morgan fingerprint density at radius 3 is 1.30 bits per heavy atom. The third-order valence-electron chi connectivity index (χ3n) is 7.62. The van der Waals surface area contributed by atoms with E-state index in [0.29, 0.717) is 7.25 Å². The van der Waals surface area contributed by atoms with Gasteiger partial charge in [0.25, 0.3) is 0 Å². The topological polar surface area (TPSA) is 0 Å². The molecule has 2 atom stereocenters. The summed E-state index contributed by atoms with van der Waals surface area (Å²) in [5, 5.41) is 0. The minimum Gasteiger partial charge on any atom is -1.00 e. The smallest absolute Gasteiger partial charge is 1.00 e. The average Bonchev–Trinajstić information content (AvgIpc) is 3.47. The second-order valence-corrected chi connectivity index (χ2v) is 13.2. The number of hydrogen-bond donors (Lipinski definition) is 0. The Labute approximate surface area is 230 Å². The fourth-order valence-corrected chi connectivity index (χ4v) is 11.2. The Morgan fingerprint density at radius 1 is 0.514 bits per heavy atom. The zero-order valence-electron chi connectivity index (χ0n) is 21.2. The monoisotopic (exact) mass is 566 g/mol. The molecule has 0 aliphatic heterocycles. The molecule has 184 valence electrons. The van der Waals surface area contributed by atoms with E-state index >= 15 is 0 Å². The van der Waals surface area contributed by atoms with Gasteiger partial charge in [0.1, 0.15) is 0 Å². The molecule has 2 unspecified atom stereocenters. The summed E-state index contributed by atoms with van der Waals surface area (Å²) < 4.78 is 1.29. The third-order valence-corrected chi connectivity index (χ3v) is 12.6. The molecule has 0 spiro atoms. The summed E-state index contributed by atoms with van der Waals surface area (Å²) in [6.45, 7) is 4.69. The molecule has 0 nitrogen and oxygen atoms in total. The van der Waals surface area contributed by atoms with Gasteiger partial charge in [-0.05, 0) is 0 Å².